The van der Waals surface area contributed by atoms with Crippen LogP contribution in [-0.2, 0) is 9.59 Å². The van der Waals surface area contributed by atoms with Crippen LogP contribution in [0, 0.1) is 0 Å². The van der Waals surface area contributed by atoms with E-state index in [9.17, 15) is 14.4 Å². The minimum Gasteiger partial charge on any atom is -0.490 e. The first-order valence-electron chi connectivity index (χ1n) is 15.8. The number of hydrogen-bond acceptors (Lipinski definition) is 6. The van der Waals surface area contributed by atoms with E-state index in [0.717, 1.165) is 11.1 Å². The van der Waals surface area contributed by atoms with Gasteiger partial charge in [0.2, 0.25) is 0 Å². The van der Waals surface area contributed by atoms with Crippen LogP contribution in [0.15, 0.2) is 71.7 Å². The number of alkyl halides is 2. The number of aliphatic imine (C=N–C) groups is 1. The van der Waals surface area contributed by atoms with Crippen molar-refractivity contribution in [1.29, 1.82) is 0 Å². The first-order valence-corrected chi connectivity index (χ1v) is 19.4. The van der Waals surface area contributed by atoms with Gasteiger partial charge >= 0.3 is 180 Å². The number of ketones is 1. The van der Waals surface area contributed by atoms with Crippen molar-refractivity contribution in [3.63, 3.8) is 0 Å². The number of carbonyl (C=O) groups is 3. The number of Topliss-reactive ketones (excluding diaryl/α,β-unsaturated/α-hetero) is 1. The summed E-state index contributed by atoms with van der Waals surface area (Å²) in [4.78, 5) is 50.8. The Morgan fingerprint density at radius 2 is 1.58 bits per heavy atom. The molecule has 1 saturated heterocycles. The molecule has 9 nitrogen and oxygen atoms in total. The van der Waals surface area contributed by atoms with Gasteiger partial charge in [0.15, 0.2) is 0 Å². The average molecular weight is 807 g/mol. The third-order valence-corrected chi connectivity index (χ3v) is 11.5. The number of rotatable bonds is 11. The molecule has 0 N–H and O–H groups in total. The van der Waals surface area contributed by atoms with Crippen molar-refractivity contribution < 1.29 is 45.1 Å². The number of urea groups is 1. The molecule has 12 heteroatoms. The Kier molecular flexibility index (Phi) is 11.9. The van der Waals surface area contributed by atoms with Crippen LogP contribution in [-0.4, -0.2) is 86.0 Å². The molecule has 1 fully saturated rings. The summed E-state index contributed by atoms with van der Waals surface area (Å²) < 4.78 is 12.8. The third-order valence-electron chi connectivity index (χ3n) is 7.98. The Bertz CT molecular complexity index is 1670. The predicted octanol–water partition coefficient (Wildman–Crippen LogP) is 3.66. The molecule has 3 aromatic rings. The number of ether oxygens (including phenoxy) is 2. The number of benzene rings is 3. The fourth-order valence-electron chi connectivity index (χ4n) is 5.71. The van der Waals surface area contributed by atoms with Crippen LogP contribution in [0.1, 0.15) is 56.5 Å². The minimum absolute atomic E-state index is 0.0735. The number of nitrogens with zero attached hydrogens (tertiary/aromatic N) is 4. The van der Waals surface area contributed by atoms with E-state index in [0.29, 0.717) is 41.3 Å². The maximum absolute atomic E-state index is 14.8. The molecule has 0 spiro atoms. The van der Waals surface area contributed by atoms with Gasteiger partial charge in [-0.25, -0.2) is 0 Å². The zero-order valence-electron chi connectivity index (χ0n) is 27.7. The van der Waals surface area contributed by atoms with Crippen molar-refractivity contribution in [2.75, 3.05) is 37.7 Å². The van der Waals surface area contributed by atoms with Gasteiger partial charge in [-0.3, -0.25) is 0 Å². The van der Waals surface area contributed by atoms with Gasteiger partial charge in [-0.2, -0.15) is 0 Å². The molecule has 0 unspecified atom stereocenters. The SMILES string of the molecule is COc1ccc(C2=N[C@H](c3ccc(Cl)cc3)[C@H](c3ccc(Cl)cc3)N2C(=O)N2CCN(CC(=O)C[I-]C(C)C)C(=O)C2)c(OC(C)C)c1. The topological polar surface area (TPSA) is 91.8 Å². The first-order chi connectivity index (χ1) is 22.9. The number of piperazine rings is 1. The second kappa shape index (κ2) is 15.9. The van der Waals surface area contributed by atoms with Crippen LogP contribution in [0.5, 0.6) is 11.5 Å². The van der Waals surface area contributed by atoms with Crippen molar-refractivity contribution in [3.8, 4) is 11.5 Å². The molecule has 0 bridgehead atoms. The van der Waals surface area contributed by atoms with Crippen molar-refractivity contribution in [2.45, 2.75) is 49.8 Å². The summed E-state index contributed by atoms with van der Waals surface area (Å²) in [6, 6.07) is 18.7. The summed E-state index contributed by atoms with van der Waals surface area (Å²) in [5.41, 5.74) is 2.28. The van der Waals surface area contributed by atoms with Crippen LogP contribution < -0.4 is 30.7 Å². The van der Waals surface area contributed by atoms with Gasteiger partial charge in [0.1, 0.15) is 5.75 Å². The van der Waals surface area contributed by atoms with Crippen molar-refractivity contribution in [2.24, 2.45) is 4.99 Å². The zero-order chi connectivity index (χ0) is 34.5. The maximum atomic E-state index is 14.8. The Morgan fingerprint density at radius 1 is 0.938 bits per heavy atom. The zero-order valence-corrected chi connectivity index (χ0v) is 31.3. The molecule has 2 atom stereocenters. The van der Waals surface area contributed by atoms with E-state index in [-0.39, 0.29) is 71.2 Å². The van der Waals surface area contributed by atoms with Gasteiger partial charge in [0.25, 0.3) is 0 Å². The normalized spacial score (nSPS) is 18.1. The van der Waals surface area contributed by atoms with Gasteiger partial charge in [-0.1, -0.05) is 35.3 Å². The van der Waals surface area contributed by atoms with E-state index >= 15 is 0 Å². The summed E-state index contributed by atoms with van der Waals surface area (Å²) in [6.45, 7) is 8.57. The molecular formula is C36H40Cl2IN4O5-. The van der Waals surface area contributed by atoms with E-state index in [1.165, 1.54) is 0 Å². The number of amides is 3. The molecule has 256 valence electrons. The summed E-state index contributed by atoms with van der Waals surface area (Å²) >= 11 is 12.3. The van der Waals surface area contributed by atoms with E-state index in [2.05, 4.69) is 13.8 Å². The van der Waals surface area contributed by atoms with E-state index in [1.807, 2.05) is 50.2 Å². The molecule has 0 aliphatic carbocycles. The third kappa shape index (κ3) is 8.44. The van der Waals surface area contributed by atoms with Crippen molar-refractivity contribution in [3.05, 3.63) is 93.5 Å². The molecule has 2 aliphatic heterocycles. The van der Waals surface area contributed by atoms with Crippen molar-refractivity contribution >= 4 is 46.8 Å². The number of amidine groups is 1. The smallest absolute Gasteiger partial charge is 0.490 e. The van der Waals surface area contributed by atoms with Crippen LogP contribution in [0.2, 0.25) is 10.0 Å². The number of hydrogen-bond donors (Lipinski definition) is 0. The Balaban J connectivity index is 1.56. The monoisotopic (exact) mass is 805 g/mol. The van der Waals surface area contributed by atoms with Gasteiger partial charge in [0, 0.05) is 16.1 Å². The molecule has 5 rings (SSSR count). The fraction of sp³-hybridized carbons (Fsp3) is 0.389. The quantitative estimate of drug-likeness (QED) is 0.218. The molecule has 0 radical (unpaired) electrons. The van der Waals surface area contributed by atoms with Crippen LogP contribution in [0.4, 0.5) is 4.79 Å². The average Bonchev–Trinajstić information content (AvgIpc) is 3.45. The molecule has 3 aromatic carbocycles. The fourth-order valence-corrected chi connectivity index (χ4v) is 7.57. The second-order valence-electron chi connectivity index (χ2n) is 12.2. The summed E-state index contributed by atoms with van der Waals surface area (Å²) in [7, 11) is 1.58. The van der Waals surface area contributed by atoms with E-state index in [4.69, 9.17) is 37.7 Å². The predicted molar refractivity (Wildman–Crippen MR) is 184 cm³/mol. The molecular weight excluding hydrogens is 766 g/mol. The summed E-state index contributed by atoms with van der Waals surface area (Å²) in [5.74, 6) is 1.33. The molecule has 2 heterocycles. The molecule has 0 saturated carbocycles. The second-order valence-corrected chi connectivity index (χ2v) is 17.2. The van der Waals surface area contributed by atoms with Gasteiger partial charge in [0.05, 0.1) is 13.2 Å². The Hall–Kier alpha value is -3.35. The number of halogens is 3. The van der Waals surface area contributed by atoms with E-state index < -0.39 is 12.1 Å². The van der Waals surface area contributed by atoms with Crippen LogP contribution in [0.3, 0.4) is 0 Å². The number of carbonyl (C=O) groups excluding carboxylic acids is 3. The summed E-state index contributed by atoms with van der Waals surface area (Å²) in [5, 5.41) is 1.15. The Labute approximate surface area is 302 Å². The minimum atomic E-state index is -0.588. The van der Waals surface area contributed by atoms with Gasteiger partial charge in [-0.05, 0) is 44.2 Å². The van der Waals surface area contributed by atoms with Crippen molar-refractivity contribution in [1.82, 2.24) is 14.7 Å². The first kappa shape index (κ1) is 35.9. The van der Waals surface area contributed by atoms with Gasteiger partial charge < -0.3 is 9.47 Å². The molecule has 0 aromatic heterocycles. The van der Waals surface area contributed by atoms with Crippen LogP contribution in [0.25, 0.3) is 0 Å². The van der Waals surface area contributed by atoms with Crippen LogP contribution >= 0.6 is 23.2 Å². The number of methoxy groups -OCH3 is 1. The standard InChI is InChI=1S/C36H40Cl2IN4O5/c1-22(2)39-19-28(44)20-41-16-17-42(21-32(41)45)36(46)43-34(25-8-12-27(38)13-9-25)33(24-6-10-26(37)11-7-24)40-35(43)30-15-14-29(47-5)18-31(30)48-23(3)4/h6-15,18,22-23,33-34H,16-17,19-21H2,1-5H3/q-1/t33-,34+/m1/s1. The molecule has 48 heavy (non-hydrogen) atoms. The van der Waals surface area contributed by atoms with Gasteiger partial charge in [-0.15, -0.1) is 0 Å². The molecule has 2 aliphatic rings. The van der Waals surface area contributed by atoms with E-state index in [1.54, 1.807) is 52.1 Å². The summed E-state index contributed by atoms with van der Waals surface area (Å²) in [6.07, 6.45) is -0.169. The molecule has 3 amide bonds. The Morgan fingerprint density at radius 3 is 2.17 bits per heavy atom.